The normalized spacial score (nSPS) is 15.4. The summed E-state index contributed by atoms with van der Waals surface area (Å²) in [6.45, 7) is 2.30. The van der Waals surface area contributed by atoms with Crippen molar-refractivity contribution in [3.8, 4) is 10.4 Å². The molecule has 0 amide bonds. The van der Waals surface area contributed by atoms with E-state index in [1.807, 2.05) is 17.4 Å². The molecule has 2 aromatic carbocycles. The molecular formula is C19H18ClNS. The van der Waals surface area contributed by atoms with Gasteiger partial charge in [-0.25, -0.2) is 0 Å². The molecule has 0 atom stereocenters. The van der Waals surface area contributed by atoms with Crippen LogP contribution in [0.3, 0.4) is 0 Å². The molecule has 4 rings (SSSR count). The Morgan fingerprint density at radius 2 is 1.68 bits per heavy atom. The fourth-order valence-electron chi connectivity index (χ4n) is 3.27. The van der Waals surface area contributed by atoms with Gasteiger partial charge in [-0.3, -0.25) is 0 Å². The number of rotatable bonds is 2. The van der Waals surface area contributed by atoms with Crippen LogP contribution in [0.1, 0.15) is 19.3 Å². The van der Waals surface area contributed by atoms with Crippen LogP contribution < -0.4 is 4.90 Å². The van der Waals surface area contributed by atoms with Gasteiger partial charge in [-0.05, 0) is 43.0 Å². The van der Waals surface area contributed by atoms with E-state index in [2.05, 4.69) is 47.4 Å². The lowest BCUT2D eigenvalue weighted by atomic mass is 10.1. The van der Waals surface area contributed by atoms with Crippen molar-refractivity contribution in [1.29, 1.82) is 0 Å². The summed E-state index contributed by atoms with van der Waals surface area (Å²) in [7, 11) is 0. The minimum atomic E-state index is 0.822. The lowest BCUT2D eigenvalue weighted by Gasteiger charge is -2.29. The van der Waals surface area contributed by atoms with Crippen LogP contribution in [0, 0.1) is 0 Å². The van der Waals surface area contributed by atoms with Gasteiger partial charge >= 0.3 is 0 Å². The first-order valence-electron chi connectivity index (χ1n) is 7.85. The van der Waals surface area contributed by atoms with E-state index >= 15 is 0 Å². The Morgan fingerprint density at radius 1 is 0.909 bits per heavy atom. The van der Waals surface area contributed by atoms with Gasteiger partial charge < -0.3 is 4.90 Å². The molecule has 0 N–H and O–H groups in total. The van der Waals surface area contributed by atoms with Gasteiger partial charge in [0.1, 0.15) is 0 Å². The fraction of sp³-hybridized carbons (Fsp3) is 0.263. The van der Waals surface area contributed by atoms with Crippen LogP contribution in [0.4, 0.5) is 5.69 Å². The molecule has 22 heavy (non-hydrogen) atoms. The van der Waals surface area contributed by atoms with Crippen molar-refractivity contribution in [3.05, 3.63) is 53.6 Å². The first-order valence-corrected chi connectivity index (χ1v) is 9.05. The number of benzene rings is 2. The van der Waals surface area contributed by atoms with Crippen molar-refractivity contribution in [2.75, 3.05) is 18.0 Å². The molecule has 0 unspecified atom stereocenters. The van der Waals surface area contributed by atoms with Crippen LogP contribution in [-0.2, 0) is 0 Å². The zero-order valence-electron chi connectivity index (χ0n) is 12.4. The van der Waals surface area contributed by atoms with Gasteiger partial charge in [0.25, 0.3) is 0 Å². The molecule has 112 valence electrons. The lowest BCUT2D eigenvalue weighted by molar-refractivity contribution is 0.579. The maximum absolute atomic E-state index is 6.27. The number of nitrogens with zero attached hydrogens (tertiary/aromatic N) is 1. The van der Waals surface area contributed by atoms with Gasteiger partial charge in [-0.2, -0.15) is 0 Å². The molecule has 0 saturated carbocycles. The second-order valence-corrected chi connectivity index (χ2v) is 7.32. The van der Waals surface area contributed by atoms with Gasteiger partial charge in [0, 0.05) is 28.2 Å². The Morgan fingerprint density at radius 3 is 2.45 bits per heavy atom. The molecule has 1 fully saturated rings. The number of hydrogen-bond donors (Lipinski definition) is 0. The minimum Gasteiger partial charge on any atom is -0.370 e. The number of anilines is 1. The summed E-state index contributed by atoms with van der Waals surface area (Å²) in [6.07, 6.45) is 3.91. The molecular weight excluding hydrogens is 310 g/mol. The van der Waals surface area contributed by atoms with E-state index in [4.69, 9.17) is 11.6 Å². The standard InChI is InChI=1S/C19H18ClNS/c20-15-9-10-17-16(13-15)18(21-11-5-2-6-12-21)19(22-17)14-7-3-1-4-8-14/h1,3-4,7-10,13H,2,5-6,11-12H2. The highest BCUT2D eigenvalue weighted by Gasteiger charge is 2.21. The molecule has 3 aromatic rings. The third kappa shape index (κ3) is 2.51. The average Bonchev–Trinajstić information content (AvgIpc) is 2.95. The SMILES string of the molecule is Clc1ccc2sc(-c3ccccc3)c(N3CCCCC3)c2c1. The predicted molar refractivity (Wildman–Crippen MR) is 98.3 cm³/mol. The lowest BCUT2D eigenvalue weighted by Crippen LogP contribution is -2.29. The second-order valence-electron chi connectivity index (χ2n) is 5.83. The van der Waals surface area contributed by atoms with E-state index in [9.17, 15) is 0 Å². The summed E-state index contributed by atoms with van der Waals surface area (Å²) in [5.74, 6) is 0. The van der Waals surface area contributed by atoms with Crippen LogP contribution in [0.15, 0.2) is 48.5 Å². The number of halogens is 1. The van der Waals surface area contributed by atoms with E-state index in [1.165, 1.54) is 45.5 Å². The third-order valence-corrected chi connectivity index (χ3v) is 5.78. The summed E-state index contributed by atoms with van der Waals surface area (Å²) >= 11 is 8.15. The Kier molecular flexibility index (Phi) is 3.81. The quantitative estimate of drug-likeness (QED) is 0.540. The highest BCUT2D eigenvalue weighted by Crippen LogP contribution is 2.46. The molecule has 1 nitrogen and oxygen atoms in total. The average molecular weight is 328 g/mol. The summed E-state index contributed by atoms with van der Waals surface area (Å²) in [5.41, 5.74) is 2.69. The Balaban J connectivity index is 1.94. The Labute approximate surface area is 140 Å². The molecule has 1 saturated heterocycles. The number of piperidine rings is 1. The summed E-state index contributed by atoms with van der Waals surface area (Å²) in [6, 6.07) is 17.0. The van der Waals surface area contributed by atoms with E-state index in [0.717, 1.165) is 18.1 Å². The highest BCUT2D eigenvalue weighted by molar-refractivity contribution is 7.23. The third-order valence-electron chi connectivity index (χ3n) is 4.33. The van der Waals surface area contributed by atoms with Gasteiger partial charge in [0.15, 0.2) is 0 Å². The van der Waals surface area contributed by atoms with Crippen molar-refractivity contribution in [2.45, 2.75) is 19.3 Å². The maximum atomic E-state index is 6.27. The number of hydrogen-bond acceptors (Lipinski definition) is 2. The largest absolute Gasteiger partial charge is 0.370 e. The summed E-state index contributed by atoms with van der Waals surface area (Å²) < 4.78 is 1.32. The van der Waals surface area contributed by atoms with Crippen molar-refractivity contribution < 1.29 is 0 Å². The smallest absolute Gasteiger partial charge is 0.0636 e. The maximum Gasteiger partial charge on any atom is 0.0636 e. The molecule has 1 aliphatic heterocycles. The fourth-order valence-corrected chi connectivity index (χ4v) is 4.66. The van der Waals surface area contributed by atoms with E-state index < -0.39 is 0 Å². The van der Waals surface area contributed by atoms with E-state index in [1.54, 1.807) is 0 Å². The minimum absolute atomic E-state index is 0.822. The van der Waals surface area contributed by atoms with Gasteiger partial charge in [0.05, 0.1) is 10.6 Å². The molecule has 1 aromatic heterocycles. The van der Waals surface area contributed by atoms with Crippen molar-refractivity contribution in [3.63, 3.8) is 0 Å². The molecule has 1 aliphatic rings. The molecule has 0 bridgehead atoms. The van der Waals surface area contributed by atoms with E-state index in [0.29, 0.717) is 0 Å². The number of thiophene rings is 1. The molecule has 2 heterocycles. The van der Waals surface area contributed by atoms with Crippen LogP contribution in [0.2, 0.25) is 5.02 Å². The van der Waals surface area contributed by atoms with Crippen molar-refractivity contribution in [2.24, 2.45) is 0 Å². The summed E-state index contributed by atoms with van der Waals surface area (Å²) in [4.78, 5) is 3.93. The monoisotopic (exact) mass is 327 g/mol. The zero-order chi connectivity index (χ0) is 14.9. The molecule has 0 spiro atoms. The summed E-state index contributed by atoms with van der Waals surface area (Å²) in [5, 5.41) is 2.13. The molecule has 3 heteroatoms. The molecule has 0 aliphatic carbocycles. The highest BCUT2D eigenvalue weighted by atomic mass is 35.5. The van der Waals surface area contributed by atoms with E-state index in [-0.39, 0.29) is 0 Å². The first kappa shape index (κ1) is 14.1. The van der Waals surface area contributed by atoms with Crippen LogP contribution >= 0.6 is 22.9 Å². The van der Waals surface area contributed by atoms with Crippen LogP contribution in [-0.4, -0.2) is 13.1 Å². The Hall–Kier alpha value is -1.51. The van der Waals surface area contributed by atoms with Crippen molar-refractivity contribution in [1.82, 2.24) is 0 Å². The van der Waals surface area contributed by atoms with Gasteiger partial charge in [-0.15, -0.1) is 11.3 Å². The van der Waals surface area contributed by atoms with Gasteiger partial charge in [0.2, 0.25) is 0 Å². The topological polar surface area (TPSA) is 3.24 Å². The van der Waals surface area contributed by atoms with Crippen molar-refractivity contribution >= 4 is 38.7 Å². The number of fused-ring (bicyclic) bond motifs is 1. The van der Waals surface area contributed by atoms with Gasteiger partial charge in [-0.1, -0.05) is 41.9 Å². The van der Waals surface area contributed by atoms with Crippen LogP contribution in [0.25, 0.3) is 20.5 Å². The zero-order valence-corrected chi connectivity index (χ0v) is 14.0. The first-order chi connectivity index (χ1) is 10.8. The Bertz CT molecular complexity index is 788. The van der Waals surface area contributed by atoms with Crippen LogP contribution in [0.5, 0.6) is 0 Å². The molecule has 0 radical (unpaired) electrons. The second kappa shape index (κ2) is 5.94. The predicted octanol–water partition coefficient (Wildman–Crippen LogP) is 6.21.